The van der Waals surface area contributed by atoms with Crippen LogP contribution in [-0.4, -0.2) is 29.5 Å². The van der Waals surface area contributed by atoms with E-state index in [1.54, 1.807) is 14.2 Å². The van der Waals surface area contributed by atoms with Gasteiger partial charge in [-0.25, -0.2) is 0 Å². The standard InChI is InChI=1S/C4H12O2Si.C2H6Cl2Si/c1-5-7(3,4)6-2;1-5(2,3)4/h1-4H3;1-2H3. The molecule has 0 unspecified atom stereocenters. The first-order chi connectivity index (χ1) is 5.12. The maximum Gasteiger partial charge on any atom is 0.331 e. The smallest absolute Gasteiger partial charge is 0.331 e. The minimum Gasteiger partial charge on any atom is -0.398 e. The molecule has 0 aromatic rings. The van der Waals surface area contributed by atoms with Crippen LogP contribution in [0.25, 0.3) is 0 Å². The van der Waals surface area contributed by atoms with Crippen molar-refractivity contribution in [3.63, 3.8) is 0 Å². The Balaban J connectivity index is 0. The zero-order chi connectivity index (χ0) is 10.4. The van der Waals surface area contributed by atoms with Gasteiger partial charge in [0.1, 0.15) is 0 Å². The number of hydrogen-bond donors (Lipinski definition) is 0. The van der Waals surface area contributed by atoms with Crippen molar-refractivity contribution in [3.8, 4) is 0 Å². The predicted molar refractivity (Wildman–Crippen MR) is 60.7 cm³/mol. The quantitative estimate of drug-likeness (QED) is 0.553. The molecule has 0 aromatic heterocycles. The monoisotopic (exact) mass is 248 g/mol. The van der Waals surface area contributed by atoms with Gasteiger partial charge in [-0.15, -0.1) is 22.2 Å². The fraction of sp³-hybridized carbons (Fsp3) is 1.00. The third-order valence-electron chi connectivity index (χ3n) is 0.983. The van der Waals surface area contributed by atoms with E-state index in [0.717, 1.165) is 0 Å². The second kappa shape index (κ2) is 6.40. The van der Waals surface area contributed by atoms with Crippen molar-refractivity contribution in [3.05, 3.63) is 0 Å². The third-order valence-corrected chi connectivity index (χ3v) is 2.95. The van der Waals surface area contributed by atoms with Crippen molar-refractivity contribution >= 4 is 37.4 Å². The number of rotatable bonds is 2. The van der Waals surface area contributed by atoms with Gasteiger partial charge in [-0.1, -0.05) is 0 Å². The Morgan fingerprint density at radius 1 is 0.833 bits per heavy atom. The Labute approximate surface area is 86.8 Å². The summed E-state index contributed by atoms with van der Waals surface area (Å²) in [6, 6.07) is 0. The summed E-state index contributed by atoms with van der Waals surface area (Å²) in [5, 5.41) is 0. The van der Waals surface area contributed by atoms with E-state index in [1.165, 1.54) is 0 Å². The van der Waals surface area contributed by atoms with E-state index < -0.39 is 15.3 Å². The second-order valence-electron chi connectivity index (χ2n) is 3.14. The lowest BCUT2D eigenvalue weighted by Crippen LogP contribution is -2.31. The van der Waals surface area contributed by atoms with Gasteiger partial charge in [-0.05, 0) is 26.2 Å². The minimum atomic E-state index is -1.67. The molecule has 0 aliphatic carbocycles. The van der Waals surface area contributed by atoms with E-state index >= 15 is 0 Å². The molecule has 0 fully saturated rings. The van der Waals surface area contributed by atoms with Gasteiger partial charge < -0.3 is 8.85 Å². The predicted octanol–water partition coefficient (Wildman–Crippen LogP) is 3.15. The molecule has 6 heteroatoms. The normalized spacial score (nSPS) is 12.0. The molecule has 0 aliphatic heterocycles. The average Bonchev–Trinajstić information content (AvgIpc) is 1.85. The highest BCUT2D eigenvalue weighted by atomic mass is 35.7. The number of hydrogen-bond acceptors (Lipinski definition) is 2. The molecule has 0 atom stereocenters. The van der Waals surface area contributed by atoms with E-state index in [0.29, 0.717) is 0 Å². The molecule has 0 N–H and O–H groups in total. The van der Waals surface area contributed by atoms with Crippen molar-refractivity contribution in [2.24, 2.45) is 0 Å². The molecule has 0 amide bonds. The Morgan fingerprint density at radius 3 is 1.00 bits per heavy atom. The van der Waals surface area contributed by atoms with Crippen molar-refractivity contribution in [1.82, 2.24) is 0 Å². The van der Waals surface area contributed by atoms with Crippen LogP contribution < -0.4 is 0 Å². The largest absolute Gasteiger partial charge is 0.398 e. The Kier molecular flexibility index (Phi) is 8.21. The van der Waals surface area contributed by atoms with E-state index in [9.17, 15) is 0 Å². The maximum absolute atomic E-state index is 5.43. The summed E-state index contributed by atoms with van der Waals surface area (Å²) in [6.07, 6.45) is 0. The van der Waals surface area contributed by atoms with Gasteiger partial charge in [-0.2, -0.15) is 0 Å². The highest BCUT2D eigenvalue weighted by Gasteiger charge is 2.19. The summed E-state index contributed by atoms with van der Waals surface area (Å²) in [7, 11) is 1.70. The molecule has 12 heavy (non-hydrogen) atoms. The van der Waals surface area contributed by atoms with Crippen LogP contribution in [0, 0.1) is 0 Å². The number of halogens is 2. The molecule has 0 radical (unpaired) electrons. The molecule has 0 saturated carbocycles. The van der Waals surface area contributed by atoms with Crippen LogP contribution in [0.1, 0.15) is 0 Å². The first-order valence-electron chi connectivity index (χ1n) is 3.60. The lowest BCUT2D eigenvalue weighted by atomic mass is 11.8. The van der Waals surface area contributed by atoms with Crippen LogP contribution in [0.4, 0.5) is 0 Å². The fourth-order valence-corrected chi connectivity index (χ4v) is 0.250. The van der Waals surface area contributed by atoms with Gasteiger partial charge >= 0.3 is 8.56 Å². The highest BCUT2D eigenvalue weighted by Crippen LogP contribution is 2.10. The maximum atomic E-state index is 5.43. The highest BCUT2D eigenvalue weighted by molar-refractivity contribution is 7.44. The first-order valence-corrected chi connectivity index (χ1v) is 11.4. The lowest BCUT2D eigenvalue weighted by Gasteiger charge is -2.15. The molecule has 0 rings (SSSR count). The topological polar surface area (TPSA) is 18.5 Å². The van der Waals surface area contributed by atoms with Crippen LogP contribution in [0.15, 0.2) is 0 Å². The molecule has 0 aliphatic rings. The van der Waals surface area contributed by atoms with Crippen LogP contribution in [-0.2, 0) is 8.85 Å². The first kappa shape index (κ1) is 15.4. The van der Waals surface area contributed by atoms with E-state index in [4.69, 9.17) is 31.0 Å². The third kappa shape index (κ3) is 22.4. The van der Waals surface area contributed by atoms with Crippen LogP contribution >= 0.6 is 22.2 Å². The summed E-state index contributed by atoms with van der Waals surface area (Å²) in [4.78, 5) is 0. The second-order valence-corrected chi connectivity index (χ2v) is 15.7. The van der Waals surface area contributed by atoms with E-state index in [2.05, 4.69) is 0 Å². The van der Waals surface area contributed by atoms with Gasteiger partial charge in [0.25, 0.3) is 0 Å². The van der Waals surface area contributed by atoms with Crippen molar-refractivity contribution in [2.75, 3.05) is 14.2 Å². The molecule has 76 valence electrons. The molecule has 0 saturated heterocycles. The molecule has 0 aromatic carbocycles. The van der Waals surface area contributed by atoms with Crippen molar-refractivity contribution in [1.29, 1.82) is 0 Å². The zero-order valence-electron chi connectivity index (χ0n) is 8.57. The SMILES string of the molecule is CO[Si](C)(C)OC.C[Si](C)(Cl)Cl. The minimum absolute atomic E-state index is 1.65. The van der Waals surface area contributed by atoms with Gasteiger partial charge in [0.15, 0.2) is 0 Å². The van der Waals surface area contributed by atoms with Crippen LogP contribution in [0.2, 0.25) is 26.2 Å². The molecule has 0 bridgehead atoms. The van der Waals surface area contributed by atoms with E-state index in [1.807, 2.05) is 26.2 Å². The summed E-state index contributed by atoms with van der Waals surface area (Å²) in [5.74, 6) is 0. The van der Waals surface area contributed by atoms with Gasteiger partial charge in [-0.3, -0.25) is 0 Å². The van der Waals surface area contributed by atoms with Gasteiger partial charge in [0.2, 0.25) is 6.69 Å². The Morgan fingerprint density at radius 2 is 1.00 bits per heavy atom. The summed E-state index contributed by atoms with van der Waals surface area (Å²) in [5.41, 5.74) is 0. The fourth-order valence-electron chi connectivity index (χ4n) is 0.0833. The lowest BCUT2D eigenvalue weighted by molar-refractivity contribution is 0.258. The summed E-state index contributed by atoms with van der Waals surface area (Å²) < 4.78 is 10.0. The molecule has 2 nitrogen and oxygen atoms in total. The van der Waals surface area contributed by atoms with Crippen molar-refractivity contribution < 1.29 is 8.85 Å². The average molecular weight is 249 g/mol. The summed E-state index contributed by atoms with van der Waals surface area (Å²) in [6.45, 7) is 6.03. The molecule has 0 heterocycles. The van der Waals surface area contributed by atoms with Gasteiger partial charge in [0.05, 0.1) is 0 Å². The van der Waals surface area contributed by atoms with Crippen molar-refractivity contribution in [2.45, 2.75) is 26.2 Å². The Bertz CT molecular complexity index is 103. The summed E-state index contributed by atoms with van der Waals surface area (Å²) >= 11 is 10.9. The molecule has 0 spiro atoms. The Hall–Kier alpha value is 0.934. The zero-order valence-corrected chi connectivity index (χ0v) is 12.1. The van der Waals surface area contributed by atoms with E-state index in [-0.39, 0.29) is 0 Å². The molecular formula is C6H18Cl2O2Si2. The van der Waals surface area contributed by atoms with Crippen LogP contribution in [0.5, 0.6) is 0 Å². The van der Waals surface area contributed by atoms with Gasteiger partial charge in [0, 0.05) is 14.2 Å². The molecular weight excluding hydrogens is 231 g/mol. The van der Waals surface area contributed by atoms with Crippen LogP contribution in [0.3, 0.4) is 0 Å².